The monoisotopic (exact) mass is 1140 g/mol. The molecule has 2 saturated heterocycles. The molecule has 7 atom stereocenters. The number of hydrogen-bond donors (Lipinski definition) is 11. The fourth-order valence-corrected chi connectivity index (χ4v) is 13.0. The van der Waals surface area contributed by atoms with Crippen LogP contribution < -0.4 is 64.5 Å². The Labute approximate surface area is 467 Å². The number of nitrogens with two attached hydrogens (primary N) is 3. The molecule has 3 fully saturated rings. The van der Waals surface area contributed by atoms with Gasteiger partial charge in [0, 0.05) is 42.9 Å². The van der Waals surface area contributed by atoms with E-state index in [4.69, 9.17) is 21.9 Å². The molecule has 1 aliphatic carbocycles. The van der Waals surface area contributed by atoms with Crippen LogP contribution in [-0.4, -0.2) is 149 Å². The van der Waals surface area contributed by atoms with E-state index in [1.165, 1.54) is 26.5 Å². The van der Waals surface area contributed by atoms with Crippen molar-refractivity contribution < 1.29 is 57.5 Å². The fraction of sp³-hybridized carbons (Fsp3) is 0.566. The normalized spacial score (nSPS) is 22.9. The van der Waals surface area contributed by atoms with Crippen molar-refractivity contribution in [3.63, 3.8) is 0 Å². The number of nitrogens with zero attached hydrogens (tertiary/aromatic N) is 1. The number of hydrogen-bond acceptors (Lipinski definition) is 14. The van der Waals surface area contributed by atoms with E-state index in [2.05, 4.69) is 42.5 Å². The molecule has 1 saturated carbocycles. The maximum absolute atomic E-state index is 14.9. The van der Waals surface area contributed by atoms with Crippen LogP contribution in [0.5, 0.6) is 5.75 Å². The Morgan fingerprint density at radius 2 is 1.38 bits per heavy atom. The van der Waals surface area contributed by atoms with E-state index < -0.39 is 131 Å². The van der Waals surface area contributed by atoms with Crippen molar-refractivity contribution in [3.05, 3.63) is 65.7 Å². The maximum Gasteiger partial charge on any atom is 0.312 e. The van der Waals surface area contributed by atoms with Crippen molar-refractivity contribution in [2.24, 2.45) is 23.1 Å². The van der Waals surface area contributed by atoms with Crippen molar-refractivity contribution in [2.45, 2.75) is 151 Å². The molecule has 0 aromatic heterocycles. The summed E-state index contributed by atoms with van der Waals surface area (Å²) in [4.78, 5) is 151. The van der Waals surface area contributed by atoms with Gasteiger partial charge < -0.3 is 69.4 Å². The van der Waals surface area contributed by atoms with Crippen molar-refractivity contribution in [1.29, 1.82) is 0 Å². The van der Waals surface area contributed by atoms with E-state index in [-0.39, 0.29) is 57.4 Å². The molecule has 0 bridgehead atoms. The minimum Gasteiger partial charge on any atom is -0.494 e. The molecular weight excluding hydrogens is 1060 g/mol. The predicted molar refractivity (Wildman–Crippen MR) is 296 cm³/mol. The topological polar surface area (TPSA) is 375 Å². The summed E-state index contributed by atoms with van der Waals surface area (Å²) in [6.07, 6.45) is 3.54. The van der Waals surface area contributed by atoms with Crippen LogP contribution in [0.4, 0.5) is 4.79 Å². The number of amides is 12. The Kier molecular flexibility index (Phi) is 24.5. The molecule has 12 amide bonds. The summed E-state index contributed by atoms with van der Waals surface area (Å²) in [5.41, 5.74) is 17.4. The Bertz CT molecular complexity index is 2480. The zero-order valence-electron chi connectivity index (χ0n) is 44.9. The van der Waals surface area contributed by atoms with Crippen molar-refractivity contribution >= 4 is 86.7 Å². The van der Waals surface area contributed by atoms with Gasteiger partial charge in [-0.05, 0) is 74.6 Å². The fourth-order valence-electron chi connectivity index (χ4n) is 9.68. The van der Waals surface area contributed by atoms with Gasteiger partial charge >= 0.3 is 6.03 Å². The van der Waals surface area contributed by atoms with Crippen LogP contribution >= 0.6 is 21.6 Å². The Morgan fingerprint density at radius 3 is 2.01 bits per heavy atom. The molecule has 0 unspecified atom stereocenters. The first kappa shape index (κ1) is 62.7. The summed E-state index contributed by atoms with van der Waals surface area (Å²) in [5.74, 6) is -7.87. The van der Waals surface area contributed by atoms with E-state index in [0.29, 0.717) is 42.7 Å². The number of nitrogens with one attached hydrogen (secondary N) is 8. The van der Waals surface area contributed by atoms with Gasteiger partial charge in [-0.3, -0.25) is 47.9 Å². The van der Waals surface area contributed by atoms with E-state index in [1.807, 2.05) is 6.92 Å². The molecule has 2 aromatic carbocycles. The maximum atomic E-state index is 14.9. The first-order valence-corrected chi connectivity index (χ1v) is 29.0. The Morgan fingerprint density at radius 1 is 0.747 bits per heavy atom. The first-order valence-electron chi connectivity index (χ1n) is 26.7. The van der Waals surface area contributed by atoms with Crippen LogP contribution in [-0.2, 0) is 60.8 Å². The molecule has 26 heteroatoms. The second-order valence-electron chi connectivity index (χ2n) is 20.3. The molecule has 3 aliphatic rings. The average Bonchev–Trinajstić information content (AvgIpc) is 3.91. The van der Waals surface area contributed by atoms with Crippen LogP contribution in [0.25, 0.3) is 0 Å². The highest BCUT2D eigenvalue weighted by Crippen LogP contribution is 2.48. The largest absolute Gasteiger partial charge is 0.494 e. The summed E-state index contributed by atoms with van der Waals surface area (Å²) in [6.45, 7) is 5.16. The van der Waals surface area contributed by atoms with Gasteiger partial charge in [0.1, 0.15) is 48.0 Å². The molecule has 24 nitrogen and oxygen atoms in total. The zero-order valence-corrected chi connectivity index (χ0v) is 46.6. The number of urea groups is 1. The van der Waals surface area contributed by atoms with Crippen LogP contribution in [0.1, 0.15) is 103 Å². The third-order valence-electron chi connectivity index (χ3n) is 13.7. The number of carbonyl (C=O) groups is 11. The molecule has 79 heavy (non-hydrogen) atoms. The van der Waals surface area contributed by atoms with E-state index >= 15 is 0 Å². The number of carbonyl (C=O) groups excluding carboxylic acids is 11. The summed E-state index contributed by atoms with van der Waals surface area (Å²) >= 11 is 0. The van der Waals surface area contributed by atoms with Gasteiger partial charge in [-0.25, -0.2) is 4.79 Å². The third kappa shape index (κ3) is 20.0. The van der Waals surface area contributed by atoms with Gasteiger partial charge in [0.25, 0.3) is 0 Å². The molecule has 2 aromatic rings. The standard InChI is InChI=1S/C53H76N12O12S2/c1-4-77-34-19-17-33(18-20-34)26-36-46(70)61-37(25-32-13-7-5-8-14-32)48(72)64-44(31(2)3)50(74)62-38(27-41(54)66)47(71)63-39(30-78-79-53(28-43(68)59-36)21-9-6-10-22-53)51(75)65-24-12-16-40(65)49(73)60-35(15-11-23-57-52(56)76)45(69)58-29-42(55)67/h5,7-8,13-14,17-20,31,35-40,44H,4,6,9-12,15-16,21-30H2,1-3H3,(H2,54,66)(H2,55,67)(H,58,69)(H,59,68)(H,60,73)(H,61,70)(H,62,74)(H,63,71)(H,64,72)(H3,56,57,76)/t35-,36-,37+,38+,39+,40+,44+/m1/s1. The number of likely N-dealkylation sites (tertiary alicyclic amines) is 1. The van der Waals surface area contributed by atoms with E-state index in [9.17, 15) is 52.7 Å². The smallest absolute Gasteiger partial charge is 0.312 e. The first-order chi connectivity index (χ1) is 37.7. The van der Waals surface area contributed by atoms with Crippen LogP contribution in [0.3, 0.4) is 0 Å². The summed E-state index contributed by atoms with van der Waals surface area (Å²) in [7, 11) is 2.57. The lowest BCUT2D eigenvalue weighted by Crippen LogP contribution is -2.61. The molecular formula is C53H76N12O12S2. The van der Waals surface area contributed by atoms with Gasteiger partial charge in [-0.1, -0.05) is 97.2 Å². The summed E-state index contributed by atoms with van der Waals surface area (Å²) < 4.78 is 4.91. The minimum absolute atomic E-state index is 0.0111. The zero-order chi connectivity index (χ0) is 57.6. The Balaban J connectivity index is 1.52. The van der Waals surface area contributed by atoms with E-state index in [1.54, 1.807) is 68.4 Å². The SMILES string of the molecule is CCOc1ccc(C[C@H]2NC(=O)CC3(CCCCC3)SSC[C@@H](C(=O)N3CCC[C@H]3C(=O)N[C@H](CCCNC(N)=O)C(=O)NCC(N)=O)NC(=O)[C@H](CC(N)=O)NC(=O)[C@H](C(C)C)NC(=O)[C@H](Cc3ccccc3)NC2=O)cc1. The van der Waals surface area contributed by atoms with Gasteiger partial charge in [-0.2, -0.15) is 0 Å². The summed E-state index contributed by atoms with van der Waals surface area (Å²) in [5, 5.41) is 21.3. The number of primary amides is 3. The van der Waals surface area contributed by atoms with E-state index in [0.717, 1.165) is 19.3 Å². The van der Waals surface area contributed by atoms with Gasteiger partial charge in [0.15, 0.2) is 0 Å². The van der Waals surface area contributed by atoms with Gasteiger partial charge in [-0.15, -0.1) is 0 Å². The van der Waals surface area contributed by atoms with Crippen molar-refractivity contribution in [1.82, 2.24) is 47.4 Å². The quantitative estimate of drug-likeness (QED) is 0.0644. The number of rotatable bonds is 19. The van der Waals surface area contributed by atoms with Gasteiger partial charge in [0.05, 0.1) is 19.6 Å². The molecule has 5 rings (SSSR count). The molecule has 2 heterocycles. The minimum atomic E-state index is -1.67. The highest BCUT2D eigenvalue weighted by atomic mass is 33.1. The molecule has 1 spiro atoms. The van der Waals surface area contributed by atoms with Crippen molar-refractivity contribution in [3.8, 4) is 5.75 Å². The Hall–Kier alpha value is -7.09. The number of ether oxygens (including phenoxy) is 1. The average molecular weight is 1140 g/mol. The van der Waals surface area contributed by atoms with Crippen LogP contribution in [0.15, 0.2) is 54.6 Å². The third-order valence-corrected chi connectivity index (χ3v) is 17.1. The second-order valence-corrected chi connectivity index (χ2v) is 23.1. The second kappa shape index (κ2) is 30.9. The molecule has 0 radical (unpaired) electrons. The predicted octanol–water partition coefficient (Wildman–Crippen LogP) is -0.160. The summed E-state index contributed by atoms with van der Waals surface area (Å²) in [6, 6.07) is 5.89. The molecule has 432 valence electrons. The highest BCUT2D eigenvalue weighted by molar-refractivity contribution is 8.77. The lowest BCUT2D eigenvalue weighted by molar-refractivity contribution is -0.142. The lowest BCUT2D eigenvalue weighted by Gasteiger charge is -2.37. The van der Waals surface area contributed by atoms with Crippen LogP contribution in [0.2, 0.25) is 0 Å². The lowest BCUT2D eigenvalue weighted by atomic mass is 9.85. The molecule has 2 aliphatic heterocycles. The van der Waals surface area contributed by atoms with Crippen molar-refractivity contribution in [2.75, 3.05) is 32.0 Å². The van der Waals surface area contributed by atoms with Crippen LogP contribution in [0, 0.1) is 5.92 Å². The highest BCUT2D eigenvalue weighted by Gasteiger charge is 2.42. The van der Waals surface area contributed by atoms with Gasteiger partial charge in [0.2, 0.25) is 59.1 Å². The number of benzene rings is 2. The molecule has 14 N–H and O–H groups in total.